The number of rotatable bonds is 3. The van der Waals surface area contributed by atoms with Crippen LogP contribution in [0.15, 0.2) is 12.2 Å². The molecule has 1 rings (SSSR count). The molecule has 4 nitrogen and oxygen atoms in total. The summed E-state index contributed by atoms with van der Waals surface area (Å²) < 4.78 is 21.9. The van der Waals surface area contributed by atoms with E-state index in [1.807, 2.05) is 0 Å². The average molecular weight is 220 g/mol. The van der Waals surface area contributed by atoms with E-state index in [1.54, 1.807) is 0 Å². The Morgan fingerprint density at radius 1 is 1.57 bits per heavy atom. The Morgan fingerprint density at radius 2 is 2.14 bits per heavy atom. The van der Waals surface area contributed by atoms with Crippen molar-refractivity contribution in [3.05, 3.63) is 12.2 Å². The van der Waals surface area contributed by atoms with E-state index in [-0.39, 0.29) is 18.9 Å². The van der Waals surface area contributed by atoms with E-state index >= 15 is 0 Å². The van der Waals surface area contributed by atoms with E-state index in [0.29, 0.717) is 12.0 Å². The first-order valence-electron chi connectivity index (χ1n) is 4.47. The molecule has 0 spiro atoms. The zero-order valence-corrected chi connectivity index (χ0v) is 9.05. The topological polar surface area (TPSA) is 74.6 Å². The van der Waals surface area contributed by atoms with E-state index in [4.69, 9.17) is 5.11 Å². The SMILES string of the molecule is C=C1C[C@H](CO)C[C@@]1(CO)S(C)(=O)=O. The third-order valence-electron chi connectivity index (χ3n) is 3.02. The fourth-order valence-corrected chi connectivity index (χ4v) is 3.43. The van der Waals surface area contributed by atoms with Gasteiger partial charge in [0.15, 0.2) is 9.84 Å². The molecule has 0 radical (unpaired) electrons. The second kappa shape index (κ2) is 3.64. The number of aliphatic hydroxyl groups is 2. The third-order valence-corrected chi connectivity index (χ3v) is 5.03. The van der Waals surface area contributed by atoms with Crippen LogP contribution in [0.2, 0.25) is 0 Å². The van der Waals surface area contributed by atoms with Crippen LogP contribution in [0.25, 0.3) is 0 Å². The molecule has 82 valence electrons. The molecule has 1 aliphatic rings. The molecule has 2 N–H and O–H groups in total. The van der Waals surface area contributed by atoms with E-state index in [1.165, 1.54) is 0 Å². The molecule has 0 heterocycles. The molecule has 1 saturated carbocycles. The monoisotopic (exact) mass is 220 g/mol. The zero-order valence-electron chi connectivity index (χ0n) is 8.23. The lowest BCUT2D eigenvalue weighted by Crippen LogP contribution is -2.40. The Morgan fingerprint density at radius 3 is 2.36 bits per heavy atom. The summed E-state index contributed by atoms with van der Waals surface area (Å²) in [7, 11) is -3.37. The molecule has 5 heteroatoms. The minimum Gasteiger partial charge on any atom is -0.396 e. The van der Waals surface area contributed by atoms with Crippen molar-refractivity contribution in [1.82, 2.24) is 0 Å². The Labute approximate surface area is 84.2 Å². The molecule has 0 aliphatic heterocycles. The summed E-state index contributed by atoms with van der Waals surface area (Å²) in [6.07, 6.45) is 1.86. The predicted molar refractivity (Wildman–Crippen MR) is 53.6 cm³/mol. The highest BCUT2D eigenvalue weighted by Crippen LogP contribution is 2.43. The molecule has 1 fully saturated rings. The van der Waals surface area contributed by atoms with Crippen LogP contribution < -0.4 is 0 Å². The van der Waals surface area contributed by atoms with Crippen molar-refractivity contribution in [2.75, 3.05) is 19.5 Å². The molecule has 14 heavy (non-hydrogen) atoms. The van der Waals surface area contributed by atoms with Crippen LogP contribution in [0.4, 0.5) is 0 Å². The van der Waals surface area contributed by atoms with Crippen LogP contribution in [0.1, 0.15) is 12.8 Å². The van der Waals surface area contributed by atoms with Gasteiger partial charge in [-0.25, -0.2) is 8.42 Å². The lowest BCUT2D eigenvalue weighted by atomic mass is 10.0. The van der Waals surface area contributed by atoms with Crippen molar-refractivity contribution in [3.63, 3.8) is 0 Å². The van der Waals surface area contributed by atoms with E-state index in [9.17, 15) is 13.5 Å². The minimum atomic E-state index is -3.37. The van der Waals surface area contributed by atoms with Gasteiger partial charge in [0.2, 0.25) is 0 Å². The maximum absolute atomic E-state index is 11.6. The predicted octanol–water partition coefficient (Wildman–Crippen LogP) is -0.279. The molecular formula is C9H16O4S. The Hall–Kier alpha value is -0.390. The van der Waals surface area contributed by atoms with Gasteiger partial charge in [-0.3, -0.25) is 0 Å². The molecule has 0 aromatic heterocycles. The summed E-state index contributed by atoms with van der Waals surface area (Å²) >= 11 is 0. The summed E-state index contributed by atoms with van der Waals surface area (Å²) in [5.74, 6) is -0.0932. The van der Waals surface area contributed by atoms with Crippen molar-refractivity contribution in [1.29, 1.82) is 0 Å². The summed E-state index contributed by atoms with van der Waals surface area (Å²) in [5.41, 5.74) is 0.515. The average Bonchev–Trinajstić information content (AvgIpc) is 2.42. The van der Waals surface area contributed by atoms with Crippen molar-refractivity contribution < 1.29 is 18.6 Å². The molecule has 1 aliphatic carbocycles. The minimum absolute atomic E-state index is 0.0592. The number of sulfone groups is 1. The van der Waals surface area contributed by atoms with Crippen molar-refractivity contribution >= 4 is 9.84 Å². The molecule has 0 amide bonds. The van der Waals surface area contributed by atoms with Gasteiger partial charge in [-0.1, -0.05) is 12.2 Å². The van der Waals surface area contributed by atoms with Crippen molar-refractivity contribution in [3.8, 4) is 0 Å². The van der Waals surface area contributed by atoms with E-state index in [2.05, 4.69) is 6.58 Å². The lowest BCUT2D eigenvalue weighted by Gasteiger charge is -2.26. The van der Waals surface area contributed by atoms with Crippen LogP contribution in [-0.4, -0.2) is 42.8 Å². The molecule has 2 atom stereocenters. The smallest absolute Gasteiger partial charge is 0.159 e. The first kappa shape index (κ1) is 11.7. The number of hydrogen-bond donors (Lipinski definition) is 2. The van der Waals surface area contributed by atoms with Crippen LogP contribution in [0.5, 0.6) is 0 Å². The Kier molecular flexibility index (Phi) is 3.04. The van der Waals surface area contributed by atoms with Crippen LogP contribution in [0.3, 0.4) is 0 Å². The number of hydrogen-bond acceptors (Lipinski definition) is 4. The summed E-state index contributed by atoms with van der Waals surface area (Å²) in [6, 6.07) is 0. The van der Waals surface area contributed by atoms with Gasteiger partial charge in [0.1, 0.15) is 4.75 Å². The number of aliphatic hydroxyl groups excluding tert-OH is 2. The van der Waals surface area contributed by atoms with Gasteiger partial charge in [0.05, 0.1) is 6.61 Å². The Balaban J connectivity index is 3.09. The van der Waals surface area contributed by atoms with Crippen LogP contribution in [-0.2, 0) is 9.84 Å². The van der Waals surface area contributed by atoms with E-state index in [0.717, 1.165) is 6.26 Å². The van der Waals surface area contributed by atoms with Gasteiger partial charge in [-0.15, -0.1) is 0 Å². The van der Waals surface area contributed by atoms with E-state index < -0.39 is 21.2 Å². The molecule has 0 aromatic carbocycles. The van der Waals surface area contributed by atoms with Gasteiger partial charge < -0.3 is 10.2 Å². The first-order chi connectivity index (χ1) is 6.37. The second-order valence-electron chi connectivity index (χ2n) is 3.98. The van der Waals surface area contributed by atoms with Gasteiger partial charge >= 0.3 is 0 Å². The lowest BCUT2D eigenvalue weighted by molar-refractivity contribution is 0.212. The summed E-state index contributed by atoms with van der Waals surface area (Å²) in [4.78, 5) is 0. The highest BCUT2D eigenvalue weighted by atomic mass is 32.2. The fourth-order valence-electron chi connectivity index (χ4n) is 2.05. The summed E-state index contributed by atoms with van der Waals surface area (Å²) in [6.45, 7) is 3.19. The zero-order chi connectivity index (χ0) is 11.0. The van der Waals surface area contributed by atoms with Crippen molar-refractivity contribution in [2.45, 2.75) is 17.6 Å². The van der Waals surface area contributed by atoms with Gasteiger partial charge in [-0.2, -0.15) is 0 Å². The maximum Gasteiger partial charge on any atom is 0.159 e. The molecule has 0 saturated heterocycles. The van der Waals surface area contributed by atoms with Crippen LogP contribution in [0, 0.1) is 5.92 Å². The Bertz CT molecular complexity index is 333. The van der Waals surface area contributed by atoms with Crippen LogP contribution >= 0.6 is 0 Å². The normalized spacial score (nSPS) is 33.6. The van der Waals surface area contributed by atoms with Gasteiger partial charge in [-0.05, 0) is 18.8 Å². The van der Waals surface area contributed by atoms with Gasteiger partial charge in [0.25, 0.3) is 0 Å². The summed E-state index contributed by atoms with van der Waals surface area (Å²) in [5, 5.41) is 18.2. The standard InChI is InChI=1S/C9H16O4S/c1-7-3-8(5-10)4-9(7,6-11)14(2,12)13/h8,10-11H,1,3-6H2,2H3/t8-,9-/m0/s1. The molecule has 0 bridgehead atoms. The van der Waals surface area contributed by atoms with Crippen molar-refractivity contribution in [2.24, 2.45) is 5.92 Å². The maximum atomic E-state index is 11.6. The second-order valence-corrected chi connectivity index (χ2v) is 6.31. The largest absolute Gasteiger partial charge is 0.396 e. The highest BCUT2D eigenvalue weighted by molar-refractivity contribution is 7.92. The first-order valence-corrected chi connectivity index (χ1v) is 6.36. The van der Waals surface area contributed by atoms with Gasteiger partial charge in [0, 0.05) is 12.9 Å². The molecule has 0 unspecified atom stereocenters. The third kappa shape index (κ3) is 1.60. The quantitative estimate of drug-likeness (QED) is 0.642. The fraction of sp³-hybridized carbons (Fsp3) is 0.778. The highest BCUT2D eigenvalue weighted by Gasteiger charge is 2.49. The molecular weight excluding hydrogens is 204 g/mol. The molecule has 0 aromatic rings.